The minimum absolute atomic E-state index is 0.109. The second-order valence-electron chi connectivity index (χ2n) is 4.41. The standard InChI is InChI=1S/C13H22N2O3S2/c1-4-19-8-7-10(2)15-20(16,17)11-5-6-12(14)13(9-11)18-3/h5-6,9-10,15H,4,7-8,14H2,1-3H3. The molecule has 7 heteroatoms. The van der Waals surface area contributed by atoms with Crippen LogP contribution in [0.1, 0.15) is 20.3 Å². The van der Waals surface area contributed by atoms with Crippen molar-refractivity contribution in [1.82, 2.24) is 4.72 Å². The quantitative estimate of drug-likeness (QED) is 0.566. The fourth-order valence-corrected chi connectivity index (χ4v) is 3.76. The van der Waals surface area contributed by atoms with Gasteiger partial charge in [-0.05, 0) is 37.0 Å². The fourth-order valence-electron chi connectivity index (χ4n) is 1.65. The number of sulfonamides is 1. The van der Waals surface area contributed by atoms with Crippen LogP contribution in [0.25, 0.3) is 0 Å². The normalized spacial score (nSPS) is 13.2. The van der Waals surface area contributed by atoms with E-state index in [-0.39, 0.29) is 10.9 Å². The molecule has 0 radical (unpaired) electrons. The van der Waals surface area contributed by atoms with Gasteiger partial charge in [0.05, 0.1) is 17.7 Å². The Morgan fingerprint density at radius 1 is 1.45 bits per heavy atom. The summed E-state index contributed by atoms with van der Waals surface area (Å²) >= 11 is 1.79. The molecule has 0 saturated carbocycles. The molecule has 0 saturated heterocycles. The number of nitrogen functional groups attached to an aromatic ring is 1. The van der Waals surface area contributed by atoms with E-state index >= 15 is 0 Å². The Morgan fingerprint density at radius 3 is 2.75 bits per heavy atom. The summed E-state index contributed by atoms with van der Waals surface area (Å²) in [5, 5.41) is 0. The van der Waals surface area contributed by atoms with Gasteiger partial charge in [-0.15, -0.1) is 0 Å². The molecule has 0 spiro atoms. The molecule has 5 nitrogen and oxygen atoms in total. The van der Waals surface area contributed by atoms with Gasteiger partial charge in [0, 0.05) is 12.1 Å². The first-order valence-corrected chi connectivity index (χ1v) is 9.08. The molecule has 1 aromatic rings. The van der Waals surface area contributed by atoms with Crippen molar-refractivity contribution in [3.8, 4) is 5.75 Å². The molecule has 0 aliphatic carbocycles. The highest BCUT2D eigenvalue weighted by molar-refractivity contribution is 7.99. The maximum absolute atomic E-state index is 12.2. The number of thioether (sulfide) groups is 1. The lowest BCUT2D eigenvalue weighted by Crippen LogP contribution is -2.33. The molecule has 0 fully saturated rings. The van der Waals surface area contributed by atoms with Gasteiger partial charge in [-0.25, -0.2) is 13.1 Å². The van der Waals surface area contributed by atoms with Crippen molar-refractivity contribution in [3.63, 3.8) is 0 Å². The van der Waals surface area contributed by atoms with Crippen molar-refractivity contribution in [1.29, 1.82) is 0 Å². The summed E-state index contributed by atoms with van der Waals surface area (Å²) in [7, 11) is -2.08. The predicted octanol–water partition coefficient (Wildman–Crippen LogP) is 2.09. The van der Waals surface area contributed by atoms with Gasteiger partial charge in [0.2, 0.25) is 10.0 Å². The van der Waals surface area contributed by atoms with E-state index < -0.39 is 10.0 Å². The van der Waals surface area contributed by atoms with Crippen LogP contribution in [0.3, 0.4) is 0 Å². The first-order chi connectivity index (χ1) is 9.40. The molecule has 1 atom stereocenters. The highest BCUT2D eigenvalue weighted by Crippen LogP contribution is 2.24. The van der Waals surface area contributed by atoms with E-state index in [1.165, 1.54) is 25.3 Å². The zero-order valence-electron chi connectivity index (χ0n) is 12.0. The molecule has 3 N–H and O–H groups in total. The van der Waals surface area contributed by atoms with Crippen LogP contribution in [0.2, 0.25) is 0 Å². The number of ether oxygens (including phenoxy) is 1. The summed E-state index contributed by atoms with van der Waals surface area (Å²) in [6, 6.07) is 4.34. The van der Waals surface area contributed by atoms with Gasteiger partial charge in [0.1, 0.15) is 5.75 Å². The van der Waals surface area contributed by atoms with E-state index in [0.29, 0.717) is 11.4 Å². The molecule has 0 heterocycles. The van der Waals surface area contributed by atoms with Crippen molar-refractivity contribution in [2.24, 2.45) is 0 Å². The third-order valence-corrected chi connectivity index (χ3v) is 5.29. The predicted molar refractivity (Wildman–Crippen MR) is 84.8 cm³/mol. The van der Waals surface area contributed by atoms with Crippen LogP contribution < -0.4 is 15.2 Å². The van der Waals surface area contributed by atoms with Crippen LogP contribution in [0.15, 0.2) is 23.1 Å². The van der Waals surface area contributed by atoms with Crippen molar-refractivity contribution in [2.45, 2.75) is 31.2 Å². The Kier molecular flexibility index (Phi) is 6.64. The highest BCUT2D eigenvalue weighted by Gasteiger charge is 2.18. The number of benzene rings is 1. The Hall–Kier alpha value is -0.920. The van der Waals surface area contributed by atoms with Gasteiger partial charge in [-0.3, -0.25) is 0 Å². The SMILES string of the molecule is CCSCCC(C)NS(=O)(=O)c1ccc(N)c(OC)c1. The van der Waals surface area contributed by atoms with Crippen LogP contribution in [0.4, 0.5) is 5.69 Å². The Labute approximate surface area is 125 Å². The molecule has 1 aromatic carbocycles. The van der Waals surface area contributed by atoms with E-state index in [2.05, 4.69) is 11.6 Å². The number of rotatable bonds is 8. The fraction of sp³-hybridized carbons (Fsp3) is 0.538. The van der Waals surface area contributed by atoms with Gasteiger partial charge in [-0.2, -0.15) is 11.8 Å². The van der Waals surface area contributed by atoms with Gasteiger partial charge in [-0.1, -0.05) is 6.92 Å². The highest BCUT2D eigenvalue weighted by atomic mass is 32.2. The zero-order chi connectivity index (χ0) is 15.2. The molecule has 0 aliphatic heterocycles. The number of nitrogens with one attached hydrogen (secondary N) is 1. The van der Waals surface area contributed by atoms with Gasteiger partial charge in [0.25, 0.3) is 0 Å². The molecular weight excluding hydrogens is 296 g/mol. The molecule has 20 heavy (non-hydrogen) atoms. The zero-order valence-corrected chi connectivity index (χ0v) is 13.7. The smallest absolute Gasteiger partial charge is 0.240 e. The number of anilines is 1. The first-order valence-electron chi connectivity index (χ1n) is 6.44. The second-order valence-corrected chi connectivity index (χ2v) is 7.52. The number of hydrogen-bond acceptors (Lipinski definition) is 5. The van der Waals surface area contributed by atoms with Crippen molar-refractivity contribution < 1.29 is 13.2 Å². The molecule has 1 rings (SSSR count). The minimum Gasteiger partial charge on any atom is -0.495 e. The number of nitrogens with two attached hydrogens (primary N) is 1. The van der Waals surface area contributed by atoms with Crippen molar-refractivity contribution >= 4 is 27.5 Å². The summed E-state index contributed by atoms with van der Waals surface area (Å²) in [6.07, 6.45) is 0.795. The monoisotopic (exact) mass is 318 g/mol. The van der Waals surface area contributed by atoms with Crippen LogP contribution in [-0.2, 0) is 10.0 Å². The number of methoxy groups -OCH3 is 1. The molecule has 1 unspecified atom stereocenters. The lowest BCUT2D eigenvalue weighted by atomic mass is 10.3. The molecule has 114 valence electrons. The Balaban J connectivity index is 2.78. The van der Waals surface area contributed by atoms with Crippen molar-refractivity contribution in [2.75, 3.05) is 24.3 Å². The summed E-state index contributed by atoms with van der Waals surface area (Å²) in [5.41, 5.74) is 6.10. The Morgan fingerprint density at radius 2 is 2.15 bits per heavy atom. The van der Waals surface area contributed by atoms with Gasteiger partial charge < -0.3 is 10.5 Å². The lowest BCUT2D eigenvalue weighted by Gasteiger charge is -2.15. The maximum Gasteiger partial charge on any atom is 0.240 e. The topological polar surface area (TPSA) is 81.4 Å². The summed E-state index contributed by atoms with van der Waals surface area (Å²) in [6.45, 7) is 3.95. The Bertz CT molecular complexity index is 532. The third-order valence-electron chi connectivity index (χ3n) is 2.77. The molecular formula is C13H22N2O3S2. The molecule has 0 aromatic heterocycles. The lowest BCUT2D eigenvalue weighted by molar-refractivity contribution is 0.415. The average Bonchev–Trinajstić information content (AvgIpc) is 2.38. The molecule has 0 amide bonds. The maximum atomic E-state index is 12.2. The average molecular weight is 318 g/mol. The van der Waals surface area contributed by atoms with Crippen LogP contribution >= 0.6 is 11.8 Å². The summed E-state index contributed by atoms with van der Waals surface area (Å²) in [4.78, 5) is 0.165. The van der Waals surface area contributed by atoms with E-state index in [0.717, 1.165) is 17.9 Å². The number of hydrogen-bond donors (Lipinski definition) is 2. The van der Waals surface area contributed by atoms with Crippen LogP contribution in [0.5, 0.6) is 5.75 Å². The minimum atomic E-state index is -3.54. The summed E-state index contributed by atoms with van der Waals surface area (Å²) in [5.74, 6) is 2.34. The van der Waals surface area contributed by atoms with E-state index in [1.807, 2.05) is 6.92 Å². The van der Waals surface area contributed by atoms with E-state index in [1.54, 1.807) is 11.8 Å². The first kappa shape index (κ1) is 17.1. The van der Waals surface area contributed by atoms with Gasteiger partial charge in [0.15, 0.2) is 0 Å². The van der Waals surface area contributed by atoms with E-state index in [4.69, 9.17) is 10.5 Å². The van der Waals surface area contributed by atoms with Gasteiger partial charge >= 0.3 is 0 Å². The van der Waals surface area contributed by atoms with Crippen LogP contribution in [0, 0.1) is 0 Å². The molecule has 0 aliphatic rings. The molecule has 0 bridgehead atoms. The second kappa shape index (κ2) is 7.75. The van der Waals surface area contributed by atoms with Crippen molar-refractivity contribution in [3.05, 3.63) is 18.2 Å². The third kappa shape index (κ3) is 4.88. The van der Waals surface area contributed by atoms with Crippen LogP contribution in [-0.4, -0.2) is 33.1 Å². The van der Waals surface area contributed by atoms with E-state index in [9.17, 15) is 8.42 Å². The largest absolute Gasteiger partial charge is 0.495 e. The summed E-state index contributed by atoms with van der Waals surface area (Å²) < 4.78 is 32.2.